The molecule has 10 heteroatoms. The number of rotatable bonds is 6. The molecular formula is C22H20ClN5O2S2. The van der Waals surface area contributed by atoms with Gasteiger partial charge in [-0.15, -0.1) is 23.1 Å². The topological polar surface area (TPSA) is 95.9 Å². The molecule has 1 saturated heterocycles. The first-order valence-electron chi connectivity index (χ1n) is 10.0. The fourth-order valence-corrected chi connectivity index (χ4v) is 5.52. The molecule has 0 amide bonds. The van der Waals surface area contributed by atoms with Gasteiger partial charge in [-0.1, -0.05) is 17.7 Å². The van der Waals surface area contributed by atoms with Crippen LogP contribution in [0.3, 0.4) is 0 Å². The Bertz CT molecular complexity index is 1190. The number of likely N-dealkylation sites (tertiary alicyclic amines) is 1. The molecular weight excluding hydrogens is 466 g/mol. The minimum atomic E-state index is -0.473. The lowest BCUT2D eigenvalue weighted by Crippen LogP contribution is -2.32. The van der Waals surface area contributed by atoms with Gasteiger partial charge < -0.3 is 0 Å². The number of aromatic nitrogens is 2. The molecule has 0 N–H and O–H groups in total. The molecule has 0 atom stereocenters. The van der Waals surface area contributed by atoms with E-state index in [1.807, 2.05) is 23.8 Å². The maximum atomic E-state index is 11.2. The van der Waals surface area contributed by atoms with E-state index in [-0.39, 0.29) is 10.7 Å². The molecule has 0 aliphatic carbocycles. The molecule has 1 aromatic carbocycles. The molecule has 0 unspecified atom stereocenters. The van der Waals surface area contributed by atoms with Crippen LogP contribution in [0.5, 0.6) is 0 Å². The standard InChI is InChI=1S/C22H20ClN5O2S2/c1-31-21-16(11-24)2-4-17(25-21)12-27-8-6-14(7-9-27)22-26-19(13-32-22)15-3-5-18(23)20(10-15)28(29)30/h2-5,10,13-14H,6-9,12H2,1H3. The zero-order chi connectivity index (χ0) is 22.7. The van der Waals surface area contributed by atoms with Crippen molar-refractivity contribution in [2.45, 2.75) is 30.3 Å². The lowest BCUT2D eigenvalue weighted by atomic mass is 9.97. The van der Waals surface area contributed by atoms with Crippen molar-refractivity contribution >= 4 is 40.4 Å². The molecule has 0 saturated carbocycles. The van der Waals surface area contributed by atoms with E-state index < -0.39 is 4.92 Å². The minimum Gasteiger partial charge on any atom is -0.297 e. The van der Waals surface area contributed by atoms with E-state index >= 15 is 0 Å². The zero-order valence-corrected chi connectivity index (χ0v) is 19.7. The third-order valence-corrected chi connectivity index (χ3v) is 7.54. The fourth-order valence-electron chi connectivity index (χ4n) is 3.79. The Morgan fingerprint density at radius 2 is 2.09 bits per heavy atom. The lowest BCUT2D eigenvalue weighted by Gasteiger charge is -2.30. The minimum absolute atomic E-state index is 0.104. The van der Waals surface area contributed by atoms with E-state index in [0.717, 1.165) is 53.9 Å². The molecule has 32 heavy (non-hydrogen) atoms. The molecule has 4 rings (SSSR count). The first-order chi connectivity index (χ1) is 15.5. The summed E-state index contributed by atoms with van der Waals surface area (Å²) >= 11 is 9.02. The van der Waals surface area contributed by atoms with E-state index in [9.17, 15) is 10.1 Å². The van der Waals surface area contributed by atoms with E-state index in [0.29, 0.717) is 17.0 Å². The summed E-state index contributed by atoms with van der Waals surface area (Å²) in [5.41, 5.74) is 2.95. The number of piperidine rings is 1. The van der Waals surface area contributed by atoms with Crippen LogP contribution in [-0.2, 0) is 6.54 Å². The van der Waals surface area contributed by atoms with Crippen LogP contribution in [0.15, 0.2) is 40.7 Å². The van der Waals surface area contributed by atoms with E-state index in [2.05, 4.69) is 16.0 Å². The van der Waals surface area contributed by atoms with Crippen LogP contribution in [0.4, 0.5) is 5.69 Å². The van der Waals surface area contributed by atoms with Crippen molar-refractivity contribution in [2.24, 2.45) is 0 Å². The molecule has 0 radical (unpaired) electrons. The van der Waals surface area contributed by atoms with Gasteiger partial charge in [-0.25, -0.2) is 9.97 Å². The maximum absolute atomic E-state index is 11.2. The van der Waals surface area contributed by atoms with Gasteiger partial charge >= 0.3 is 0 Å². The average Bonchev–Trinajstić information content (AvgIpc) is 3.30. The largest absolute Gasteiger partial charge is 0.297 e. The Morgan fingerprint density at radius 3 is 2.78 bits per heavy atom. The first-order valence-corrected chi connectivity index (χ1v) is 12.5. The third kappa shape index (κ3) is 4.94. The summed E-state index contributed by atoms with van der Waals surface area (Å²) in [6.45, 7) is 2.66. The molecule has 1 aliphatic heterocycles. The molecule has 3 heterocycles. The Balaban J connectivity index is 1.39. The van der Waals surface area contributed by atoms with Gasteiger partial charge in [0.05, 0.1) is 26.9 Å². The quantitative estimate of drug-likeness (QED) is 0.249. The number of pyridine rings is 1. The summed E-state index contributed by atoms with van der Waals surface area (Å²) in [6.07, 6.45) is 3.93. The van der Waals surface area contributed by atoms with E-state index in [1.54, 1.807) is 23.5 Å². The number of nitro benzene ring substituents is 1. The second kappa shape index (κ2) is 9.96. The number of halogens is 1. The van der Waals surface area contributed by atoms with Crippen molar-refractivity contribution in [3.63, 3.8) is 0 Å². The molecule has 2 aromatic heterocycles. The van der Waals surface area contributed by atoms with Gasteiger partial charge in [0.1, 0.15) is 16.1 Å². The smallest absolute Gasteiger partial charge is 0.288 e. The summed E-state index contributed by atoms with van der Waals surface area (Å²) in [7, 11) is 0. The maximum Gasteiger partial charge on any atom is 0.288 e. The number of benzene rings is 1. The van der Waals surface area contributed by atoms with Gasteiger partial charge in [-0.05, 0) is 50.4 Å². The molecule has 1 fully saturated rings. The highest BCUT2D eigenvalue weighted by Crippen LogP contribution is 2.35. The van der Waals surface area contributed by atoms with Crippen molar-refractivity contribution in [1.29, 1.82) is 5.26 Å². The van der Waals surface area contributed by atoms with Crippen LogP contribution in [0.25, 0.3) is 11.3 Å². The highest BCUT2D eigenvalue weighted by atomic mass is 35.5. The fraction of sp³-hybridized carbons (Fsp3) is 0.318. The molecule has 164 valence electrons. The molecule has 7 nitrogen and oxygen atoms in total. The number of nitriles is 1. The SMILES string of the molecule is CSc1nc(CN2CCC(c3nc(-c4ccc(Cl)c([N+](=O)[O-])c4)cs3)CC2)ccc1C#N. The molecule has 3 aromatic rings. The molecule has 0 spiro atoms. The van der Waals surface area contributed by atoms with Crippen molar-refractivity contribution in [1.82, 2.24) is 14.9 Å². The summed E-state index contributed by atoms with van der Waals surface area (Å²) in [5, 5.41) is 24.3. The zero-order valence-electron chi connectivity index (χ0n) is 17.3. The van der Waals surface area contributed by atoms with Crippen LogP contribution in [0, 0.1) is 21.4 Å². The Morgan fingerprint density at radius 1 is 1.31 bits per heavy atom. The third-order valence-electron chi connectivity index (χ3n) is 5.51. The summed E-state index contributed by atoms with van der Waals surface area (Å²) < 4.78 is 0. The van der Waals surface area contributed by atoms with Crippen molar-refractivity contribution in [3.8, 4) is 17.3 Å². The Kier molecular flexibility index (Phi) is 7.06. The number of thiazole rings is 1. The normalized spacial score (nSPS) is 14.9. The summed E-state index contributed by atoms with van der Waals surface area (Å²) in [5.74, 6) is 0.378. The van der Waals surface area contributed by atoms with Gasteiger partial charge in [0.15, 0.2) is 0 Å². The summed E-state index contributed by atoms with van der Waals surface area (Å²) in [4.78, 5) is 22.5. The number of nitro groups is 1. The van der Waals surface area contributed by atoms with Crippen LogP contribution in [-0.4, -0.2) is 39.1 Å². The van der Waals surface area contributed by atoms with Gasteiger partial charge in [-0.3, -0.25) is 15.0 Å². The van der Waals surface area contributed by atoms with Crippen LogP contribution >= 0.6 is 34.7 Å². The molecule has 0 bridgehead atoms. The summed E-state index contributed by atoms with van der Waals surface area (Å²) in [6, 6.07) is 10.8. The second-order valence-electron chi connectivity index (χ2n) is 7.52. The number of thioether (sulfide) groups is 1. The van der Waals surface area contributed by atoms with Crippen LogP contribution < -0.4 is 0 Å². The lowest BCUT2D eigenvalue weighted by molar-refractivity contribution is -0.384. The first kappa shape index (κ1) is 22.7. The van der Waals surface area contributed by atoms with Gasteiger partial charge in [0.2, 0.25) is 0 Å². The van der Waals surface area contributed by atoms with Crippen LogP contribution in [0.1, 0.15) is 35.0 Å². The Labute approximate surface area is 199 Å². The van der Waals surface area contributed by atoms with Crippen molar-refractivity contribution in [3.05, 3.63) is 67.1 Å². The number of hydrogen-bond donors (Lipinski definition) is 0. The predicted molar refractivity (Wildman–Crippen MR) is 127 cm³/mol. The van der Waals surface area contributed by atoms with E-state index in [1.165, 1.54) is 17.8 Å². The van der Waals surface area contributed by atoms with Crippen molar-refractivity contribution < 1.29 is 4.92 Å². The monoisotopic (exact) mass is 485 g/mol. The predicted octanol–water partition coefficient (Wildman–Crippen LogP) is 5.74. The highest BCUT2D eigenvalue weighted by molar-refractivity contribution is 7.98. The van der Waals surface area contributed by atoms with Crippen molar-refractivity contribution in [2.75, 3.05) is 19.3 Å². The Hall–Kier alpha value is -2.51. The second-order valence-corrected chi connectivity index (χ2v) is 9.61. The van der Waals surface area contributed by atoms with Crippen LogP contribution in [0.2, 0.25) is 5.02 Å². The number of nitrogens with zero attached hydrogens (tertiary/aromatic N) is 5. The van der Waals surface area contributed by atoms with Gasteiger partial charge in [0, 0.05) is 29.5 Å². The van der Waals surface area contributed by atoms with Gasteiger partial charge in [0.25, 0.3) is 5.69 Å². The number of hydrogen-bond acceptors (Lipinski definition) is 8. The average molecular weight is 486 g/mol. The van der Waals surface area contributed by atoms with E-state index in [4.69, 9.17) is 21.8 Å². The van der Waals surface area contributed by atoms with Gasteiger partial charge in [-0.2, -0.15) is 5.26 Å². The highest BCUT2D eigenvalue weighted by Gasteiger charge is 2.24. The molecule has 1 aliphatic rings.